The van der Waals surface area contributed by atoms with Crippen LogP contribution < -0.4 is 10.6 Å². The highest BCUT2D eigenvalue weighted by atomic mass is 32.1. The van der Waals surface area contributed by atoms with Crippen LogP contribution in [0.3, 0.4) is 0 Å². The highest BCUT2D eigenvalue weighted by molar-refractivity contribution is 7.13. The standard InChI is InChI=1S/C16H17F2N3OS/c17-16(18)8-13(20-10-16)14(22)19-7-6-12-9-23-15(21-12)11-4-2-1-3-5-11/h1-5,9,13,20H,6-8,10H2,(H,19,22). The van der Waals surface area contributed by atoms with E-state index in [1.54, 1.807) is 11.3 Å². The third-order valence-corrected chi connectivity index (χ3v) is 4.62. The largest absolute Gasteiger partial charge is 0.354 e. The molecular formula is C16H17F2N3OS. The summed E-state index contributed by atoms with van der Waals surface area (Å²) in [5.74, 6) is -3.16. The second kappa shape index (κ2) is 6.72. The van der Waals surface area contributed by atoms with Crippen molar-refractivity contribution in [1.29, 1.82) is 0 Å². The van der Waals surface area contributed by atoms with Crippen LogP contribution in [0.5, 0.6) is 0 Å². The summed E-state index contributed by atoms with van der Waals surface area (Å²) in [7, 11) is 0. The SMILES string of the molecule is O=C(NCCc1csc(-c2ccccc2)n1)C1CC(F)(F)CN1. The zero-order valence-electron chi connectivity index (χ0n) is 12.4. The van der Waals surface area contributed by atoms with Crippen LogP contribution in [0.2, 0.25) is 0 Å². The van der Waals surface area contributed by atoms with Gasteiger partial charge in [0.25, 0.3) is 5.92 Å². The van der Waals surface area contributed by atoms with Crippen molar-refractivity contribution in [3.05, 3.63) is 41.4 Å². The minimum absolute atomic E-state index is 0.374. The van der Waals surface area contributed by atoms with Crippen LogP contribution in [0.4, 0.5) is 8.78 Å². The molecule has 0 bridgehead atoms. The summed E-state index contributed by atoms with van der Waals surface area (Å²) >= 11 is 1.55. The third-order valence-electron chi connectivity index (χ3n) is 3.68. The predicted molar refractivity (Wildman–Crippen MR) is 85.6 cm³/mol. The van der Waals surface area contributed by atoms with Crippen LogP contribution in [0.1, 0.15) is 12.1 Å². The summed E-state index contributed by atoms with van der Waals surface area (Å²) in [5.41, 5.74) is 1.95. The van der Waals surface area contributed by atoms with E-state index in [-0.39, 0.29) is 5.91 Å². The maximum absolute atomic E-state index is 13.1. The number of nitrogens with one attached hydrogen (secondary N) is 2. The number of benzene rings is 1. The van der Waals surface area contributed by atoms with E-state index in [0.717, 1.165) is 16.3 Å². The van der Waals surface area contributed by atoms with Crippen LogP contribution in [-0.2, 0) is 11.2 Å². The van der Waals surface area contributed by atoms with Gasteiger partial charge in [-0.05, 0) is 0 Å². The van der Waals surface area contributed by atoms with Gasteiger partial charge in [-0.25, -0.2) is 13.8 Å². The number of carbonyl (C=O) groups is 1. The Kier molecular flexibility index (Phi) is 4.68. The van der Waals surface area contributed by atoms with Gasteiger partial charge >= 0.3 is 0 Å². The second-order valence-corrected chi connectivity index (χ2v) is 6.40. The van der Waals surface area contributed by atoms with Gasteiger partial charge in [0.05, 0.1) is 18.3 Å². The number of alkyl halides is 2. The number of amides is 1. The normalized spacial score (nSPS) is 19.7. The molecule has 1 saturated heterocycles. The molecule has 1 aromatic heterocycles. The van der Waals surface area contributed by atoms with E-state index in [4.69, 9.17) is 0 Å². The highest BCUT2D eigenvalue weighted by Gasteiger charge is 2.42. The number of aromatic nitrogens is 1. The molecule has 122 valence electrons. The fourth-order valence-corrected chi connectivity index (χ4v) is 3.33. The zero-order chi connectivity index (χ0) is 16.3. The monoisotopic (exact) mass is 337 g/mol. The molecule has 4 nitrogen and oxygen atoms in total. The van der Waals surface area contributed by atoms with Gasteiger partial charge in [-0.3, -0.25) is 10.1 Å². The van der Waals surface area contributed by atoms with Crippen molar-refractivity contribution in [2.24, 2.45) is 0 Å². The lowest BCUT2D eigenvalue weighted by Crippen LogP contribution is -2.41. The number of hydrogen-bond donors (Lipinski definition) is 2. The van der Waals surface area contributed by atoms with Gasteiger partial charge in [0.1, 0.15) is 5.01 Å². The van der Waals surface area contributed by atoms with Crippen molar-refractivity contribution >= 4 is 17.2 Å². The number of nitrogens with zero attached hydrogens (tertiary/aromatic N) is 1. The number of rotatable bonds is 5. The molecule has 0 aliphatic carbocycles. The van der Waals surface area contributed by atoms with Gasteiger partial charge < -0.3 is 5.32 Å². The van der Waals surface area contributed by atoms with Crippen molar-refractivity contribution in [3.63, 3.8) is 0 Å². The molecule has 2 N–H and O–H groups in total. The zero-order valence-corrected chi connectivity index (χ0v) is 13.2. The number of hydrogen-bond acceptors (Lipinski definition) is 4. The molecule has 0 radical (unpaired) electrons. The van der Waals surface area contributed by atoms with E-state index < -0.39 is 24.9 Å². The number of halogens is 2. The lowest BCUT2D eigenvalue weighted by Gasteiger charge is -2.10. The third kappa shape index (κ3) is 4.11. The fourth-order valence-electron chi connectivity index (χ4n) is 2.47. The molecule has 1 aliphatic rings. The van der Waals surface area contributed by atoms with Crippen LogP contribution in [0.25, 0.3) is 10.6 Å². The molecule has 1 unspecified atom stereocenters. The van der Waals surface area contributed by atoms with Gasteiger partial charge in [-0.1, -0.05) is 30.3 Å². The molecule has 0 saturated carbocycles. The van der Waals surface area contributed by atoms with E-state index in [0.29, 0.717) is 13.0 Å². The molecule has 1 aliphatic heterocycles. The maximum Gasteiger partial charge on any atom is 0.262 e. The Balaban J connectivity index is 1.48. The quantitative estimate of drug-likeness (QED) is 0.881. The van der Waals surface area contributed by atoms with E-state index in [9.17, 15) is 13.6 Å². The van der Waals surface area contributed by atoms with Crippen LogP contribution in [-0.4, -0.2) is 35.9 Å². The van der Waals surface area contributed by atoms with Crippen molar-refractivity contribution in [3.8, 4) is 10.6 Å². The molecule has 1 fully saturated rings. The average molecular weight is 337 g/mol. The summed E-state index contributed by atoms with van der Waals surface area (Å²) in [6.07, 6.45) is 0.145. The molecule has 23 heavy (non-hydrogen) atoms. The van der Waals surface area contributed by atoms with Crippen LogP contribution >= 0.6 is 11.3 Å². The minimum Gasteiger partial charge on any atom is -0.354 e. The lowest BCUT2D eigenvalue weighted by molar-refractivity contribution is -0.123. The molecular weight excluding hydrogens is 320 g/mol. The number of carbonyl (C=O) groups excluding carboxylic acids is 1. The topological polar surface area (TPSA) is 54.0 Å². The van der Waals surface area contributed by atoms with Crippen molar-refractivity contribution in [2.75, 3.05) is 13.1 Å². The molecule has 1 amide bonds. The summed E-state index contributed by atoms with van der Waals surface area (Å²) < 4.78 is 26.1. The Labute approximate surface area is 136 Å². The molecule has 2 heterocycles. The Morgan fingerprint density at radius 2 is 2.17 bits per heavy atom. The van der Waals surface area contributed by atoms with E-state index in [1.807, 2.05) is 35.7 Å². The first-order chi connectivity index (χ1) is 11.0. The smallest absolute Gasteiger partial charge is 0.262 e. The fraction of sp³-hybridized carbons (Fsp3) is 0.375. The van der Waals surface area contributed by atoms with Crippen molar-refractivity contribution in [1.82, 2.24) is 15.6 Å². The van der Waals surface area contributed by atoms with Gasteiger partial charge in [-0.2, -0.15) is 0 Å². The first kappa shape index (κ1) is 16.0. The highest BCUT2D eigenvalue weighted by Crippen LogP contribution is 2.25. The van der Waals surface area contributed by atoms with E-state index >= 15 is 0 Å². The lowest BCUT2D eigenvalue weighted by atomic mass is 10.2. The molecule has 1 aromatic carbocycles. The molecule has 3 rings (SSSR count). The number of thiazole rings is 1. The van der Waals surface area contributed by atoms with Crippen LogP contribution in [0.15, 0.2) is 35.7 Å². The van der Waals surface area contributed by atoms with Gasteiger partial charge in [0, 0.05) is 30.3 Å². The molecule has 1 atom stereocenters. The van der Waals surface area contributed by atoms with Crippen molar-refractivity contribution < 1.29 is 13.6 Å². The predicted octanol–water partition coefficient (Wildman–Crippen LogP) is 2.47. The minimum atomic E-state index is -2.79. The summed E-state index contributed by atoms with van der Waals surface area (Å²) in [4.78, 5) is 16.4. The van der Waals surface area contributed by atoms with Crippen molar-refractivity contribution in [2.45, 2.75) is 24.8 Å². The Morgan fingerprint density at radius 1 is 1.39 bits per heavy atom. The first-order valence-corrected chi connectivity index (χ1v) is 8.30. The first-order valence-electron chi connectivity index (χ1n) is 7.42. The Bertz CT molecular complexity index is 675. The molecule has 2 aromatic rings. The second-order valence-electron chi connectivity index (χ2n) is 5.54. The summed E-state index contributed by atoms with van der Waals surface area (Å²) in [5, 5.41) is 8.12. The Morgan fingerprint density at radius 3 is 2.87 bits per heavy atom. The van der Waals surface area contributed by atoms with E-state index in [1.165, 1.54) is 0 Å². The molecule has 0 spiro atoms. The van der Waals surface area contributed by atoms with Gasteiger partial charge in [0.15, 0.2) is 0 Å². The average Bonchev–Trinajstić information content (AvgIpc) is 3.14. The Hall–Kier alpha value is -1.86. The van der Waals surface area contributed by atoms with Gasteiger partial charge in [0.2, 0.25) is 5.91 Å². The molecule has 7 heteroatoms. The summed E-state index contributed by atoms with van der Waals surface area (Å²) in [6, 6.07) is 9.06. The van der Waals surface area contributed by atoms with Crippen LogP contribution in [0, 0.1) is 0 Å². The maximum atomic E-state index is 13.1. The van der Waals surface area contributed by atoms with Gasteiger partial charge in [-0.15, -0.1) is 11.3 Å². The van der Waals surface area contributed by atoms with E-state index in [2.05, 4.69) is 15.6 Å². The summed E-state index contributed by atoms with van der Waals surface area (Å²) in [6.45, 7) is -0.0435.